The summed E-state index contributed by atoms with van der Waals surface area (Å²) >= 11 is 5.76. The van der Waals surface area contributed by atoms with E-state index >= 15 is 0 Å². The highest BCUT2D eigenvalue weighted by Crippen LogP contribution is 2.14. The summed E-state index contributed by atoms with van der Waals surface area (Å²) < 4.78 is 0. The van der Waals surface area contributed by atoms with Gasteiger partial charge in [-0.1, -0.05) is 18.5 Å². The number of rotatable bonds is 1. The molecule has 56 valence electrons. The zero-order valence-corrected chi connectivity index (χ0v) is 7.02. The van der Waals surface area contributed by atoms with Gasteiger partial charge in [-0.15, -0.1) is 0 Å². The molecule has 0 radical (unpaired) electrons. The van der Waals surface area contributed by atoms with Crippen molar-refractivity contribution in [2.75, 3.05) is 0 Å². The van der Waals surface area contributed by atoms with Crippen LogP contribution in [0.4, 0.5) is 0 Å². The summed E-state index contributed by atoms with van der Waals surface area (Å²) in [6.07, 6.45) is 0.912. The number of halogens is 1. The van der Waals surface area contributed by atoms with Crippen LogP contribution in [0.2, 0.25) is 5.02 Å². The Morgan fingerprint density at radius 1 is 1.45 bits per heavy atom. The Morgan fingerprint density at radius 2 is 2.18 bits per heavy atom. The Balaban J connectivity index is 3.15. The van der Waals surface area contributed by atoms with Crippen LogP contribution in [0, 0.1) is 11.3 Å². The van der Waals surface area contributed by atoms with Crippen LogP contribution in [0.3, 0.4) is 0 Å². The summed E-state index contributed by atoms with van der Waals surface area (Å²) in [4.78, 5) is 0. The molecule has 0 N–H and O–H groups in total. The highest BCUT2D eigenvalue weighted by atomic mass is 35.5. The predicted molar refractivity (Wildman–Crippen MR) is 45.5 cm³/mol. The fraction of sp³-hybridized carbons (Fsp3) is 0.222. The van der Waals surface area contributed by atoms with Gasteiger partial charge in [-0.2, -0.15) is 5.26 Å². The largest absolute Gasteiger partial charge is 0.192 e. The third-order valence-corrected chi connectivity index (χ3v) is 1.71. The lowest BCUT2D eigenvalue weighted by Crippen LogP contribution is -1.82. The molecule has 11 heavy (non-hydrogen) atoms. The van der Waals surface area contributed by atoms with Crippen LogP contribution < -0.4 is 0 Å². The molecule has 0 aliphatic heterocycles. The molecule has 0 aromatic heterocycles. The van der Waals surface area contributed by atoms with Crippen LogP contribution in [0.25, 0.3) is 0 Å². The Kier molecular flexibility index (Phi) is 2.51. The van der Waals surface area contributed by atoms with Crippen LogP contribution in [0.1, 0.15) is 18.1 Å². The minimum atomic E-state index is 0.634. The summed E-state index contributed by atoms with van der Waals surface area (Å²) in [5.74, 6) is 0. The monoisotopic (exact) mass is 165 g/mol. The Labute approximate surface area is 71.2 Å². The minimum Gasteiger partial charge on any atom is -0.192 e. The molecule has 0 fully saturated rings. The first kappa shape index (κ1) is 8.10. The van der Waals surface area contributed by atoms with Crippen molar-refractivity contribution in [2.24, 2.45) is 0 Å². The summed E-state index contributed by atoms with van der Waals surface area (Å²) in [6.45, 7) is 2.03. The summed E-state index contributed by atoms with van der Waals surface area (Å²) in [7, 11) is 0. The molecular formula is C9H8ClN. The second-order valence-electron chi connectivity index (χ2n) is 2.31. The first-order chi connectivity index (χ1) is 5.26. The van der Waals surface area contributed by atoms with Gasteiger partial charge in [0.15, 0.2) is 0 Å². The van der Waals surface area contributed by atoms with Crippen molar-refractivity contribution in [1.82, 2.24) is 0 Å². The van der Waals surface area contributed by atoms with E-state index in [1.807, 2.05) is 19.1 Å². The van der Waals surface area contributed by atoms with Gasteiger partial charge in [0.05, 0.1) is 11.6 Å². The summed E-state index contributed by atoms with van der Waals surface area (Å²) in [5, 5.41) is 9.21. The Morgan fingerprint density at radius 3 is 2.73 bits per heavy atom. The second kappa shape index (κ2) is 3.41. The lowest BCUT2D eigenvalue weighted by Gasteiger charge is -1.97. The quantitative estimate of drug-likeness (QED) is 0.628. The molecule has 0 amide bonds. The maximum Gasteiger partial charge on any atom is 0.0992 e. The molecule has 0 aliphatic carbocycles. The van der Waals surface area contributed by atoms with Crippen molar-refractivity contribution in [1.29, 1.82) is 5.26 Å². The standard InChI is InChI=1S/C9H8ClN/c1-2-7-3-8(6-11)5-9(10)4-7/h3-5H,2H2,1H3. The van der Waals surface area contributed by atoms with E-state index in [0.29, 0.717) is 10.6 Å². The fourth-order valence-corrected chi connectivity index (χ4v) is 1.18. The van der Waals surface area contributed by atoms with Crippen LogP contribution >= 0.6 is 11.6 Å². The van der Waals surface area contributed by atoms with Gasteiger partial charge >= 0.3 is 0 Å². The van der Waals surface area contributed by atoms with E-state index in [1.54, 1.807) is 6.07 Å². The highest BCUT2D eigenvalue weighted by molar-refractivity contribution is 6.30. The minimum absolute atomic E-state index is 0.634. The van der Waals surface area contributed by atoms with Crippen LogP contribution in [0.5, 0.6) is 0 Å². The topological polar surface area (TPSA) is 23.8 Å². The maximum atomic E-state index is 8.57. The van der Waals surface area contributed by atoms with Crippen molar-refractivity contribution < 1.29 is 0 Å². The molecular weight excluding hydrogens is 158 g/mol. The van der Waals surface area contributed by atoms with Gasteiger partial charge in [-0.05, 0) is 30.2 Å². The zero-order valence-electron chi connectivity index (χ0n) is 6.26. The maximum absolute atomic E-state index is 8.57. The molecule has 0 saturated carbocycles. The Bertz CT molecular complexity index is 299. The van der Waals surface area contributed by atoms with Gasteiger partial charge in [0.1, 0.15) is 0 Å². The number of nitrogens with zero attached hydrogens (tertiary/aromatic N) is 1. The second-order valence-corrected chi connectivity index (χ2v) is 2.75. The zero-order chi connectivity index (χ0) is 8.27. The van der Waals surface area contributed by atoms with Crippen molar-refractivity contribution in [2.45, 2.75) is 13.3 Å². The molecule has 1 rings (SSSR count). The summed E-state index contributed by atoms with van der Waals surface area (Å²) in [5.41, 5.74) is 1.74. The molecule has 0 bridgehead atoms. The van der Waals surface area contributed by atoms with Gasteiger partial charge < -0.3 is 0 Å². The third-order valence-electron chi connectivity index (χ3n) is 1.49. The molecule has 1 aromatic rings. The van der Waals surface area contributed by atoms with Gasteiger partial charge in [0.25, 0.3) is 0 Å². The van der Waals surface area contributed by atoms with E-state index in [9.17, 15) is 0 Å². The van der Waals surface area contributed by atoms with E-state index in [4.69, 9.17) is 16.9 Å². The van der Waals surface area contributed by atoms with E-state index < -0.39 is 0 Å². The Hall–Kier alpha value is -1.00. The molecule has 0 unspecified atom stereocenters. The van der Waals surface area contributed by atoms with E-state index in [2.05, 4.69) is 6.07 Å². The number of hydrogen-bond donors (Lipinski definition) is 0. The fourth-order valence-electron chi connectivity index (χ4n) is 0.919. The first-order valence-corrected chi connectivity index (χ1v) is 3.83. The van der Waals surface area contributed by atoms with Gasteiger partial charge in [0, 0.05) is 5.02 Å². The molecule has 0 spiro atoms. The van der Waals surface area contributed by atoms with Crippen molar-refractivity contribution in [3.63, 3.8) is 0 Å². The molecule has 0 heterocycles. The lowest BCUT2D eigenvalue weighted by atomic mass is 10.1. The van der Waals surface area contributed by atoms with Gasteiger partial charge in [0.2, 0.25) is 0 Å². The molecule has 1 aromatic carbocycles. The number of nitriles is 1. The summed E-state index contributed by atoms with van der Waals surface area (Å²) in [6, 6.07) is 7.46. The van der Waals surface area contributed by atoms with E-state index in [1.165, 1.54) is 0 Å². The SMILES string of the molecule is CCc1cc(Cl)cc(C#N)c1. The molecule has 1 nitrogen and oxygen atoms in total. The van der Waals surface area contributed by atoms with Crippen LogP contribution in [-0.4, -0.2) is 0 Å². The smallest absolute Gasteiger partial charge is 0.0992 e. The van der Waals surface area contributed by atoms with Gasteiger partial charge in [-0.25, -0.2) is 0 Å². The highest BCUT2D eigenvalue weighted by Gasteiger charge is 1.95. The molecule has 0 saturated heterocycles. The number of benzene rings is 1. The van der Waals surface area contributed by atoms with Crippen molar-refractivity contribution in [3.05, 3.63) is 34.3 Å². The van der Waals surface area contributed by atoms with Gasteiger partial charge in [-0.3, -0.25) is 0 Å². The third kappa shape index (κ3) is 1.96. The van der Waals surface area contributed by atoms with E-state index in [0.717, 1.165) is 12.0 Å². The molecule has 2 heteroatoms. The predicted octanol–water partition coefficient (Wildman–Crippen LogP) is 2.77. The molecule has 0 aliphatic rings. The molecule has 0 atom stereocenters. The lowest BCUT2D eigenvalue weighted by molar-refractivity contribution is 1.14. The number of hydrogen-bond acceptors (Lipinski definition) is 1. The normalized spacial score (nSPS) is 9.18. The first-order valence-electron chi connectivity index (χ1n) is 3.46. The van der Waals surface area contributed by atoms with Crippen molar-refractivity contribution in [3.8, 4) is 6.07 Å². The van der Waals surface area contributed by atoms with Crippen LogP contribution in [-0.2, 0) is 6.42 Å². The van der Waals surface area contributed by atoms with E-state index in [-0.39, 0.29) is 0 Å². The van der Waals surface area contributed by atoms with Crippen molar-refractivity contribution >= 4 is 11.6 Å². The average molecular weight is 166 g/mol. The van der Waals surface area contributed by atoms with Crippen LogP contribution in [0.15, 0.2) is 18.2 Å². The number of aryl methyl sites for hydroxylation is 1. The average Bonchev–Trinajstić information content (AvgIpc) is 2.03.